The maximum Gasteiger partial charge on any atom is 0.407 e. The minimum atomic E-state index is -1.09. The lowest BCUT2D eigenvalue weighted by Crippen LogP contribution is -2.27. The fourth-order valence-electron chi connectivity index (χ4n) is 7.66. The van der Waals surface area contributed by atoms with Crippen molar-refractivity contribution in [3.63, 3.8) is 0 Å². The molecule has 356 valence electrons. The minimum Gasteiger partial charge on any atom is -0.491 e. The maximum absolute atomic E-state index is 13.8. The number of hydrogen-bond acceptors (Lipinski definition) is 14. The molecule has 0 radical (unpaired) electrons. The number of primary amides is 1. The molecule has 7 aromatic rings. The standard InChI is InChI=1S/C46H52N12O10/c1-5-57-34(19-27(3)53-57)42-49-25-32-31-23-30(41(47)63)24-37(66-16-9-12-48-46(65)68-18-11-38(61)62)39(31)55(43(32)51-42)13-7-8-14-56-40-33(21-29(26-60)22-36(40)67-17-10-15-59)50-45(56)52-44(64)35-20-28(4)54-58(35)6-2/h7-8,19-26,59H,5-6,9-18H2,1-4H3,(H2,47,63)(H,48,65)(H,61,62)(H,50,52,64)/b8-7+. The van der Waals surface area contributed by atoms with Gasteiger partial charge in [-0.15, -0.1) is 0 Å². The molecule has 0 spiro atoms. The second-order valence-electron chi connectivity index (χ2n) is 15.6. The molecule has 22 heteroatoms. The quantitative estimate of drug-likeness (QED) is 0.0327. The number of carboxylic acid groups (broad SMARTS) is 1. The number of benzene rings is 2. The van der Waals surface area contributed by atoms with Crippen LogP contribution in [0.5, 0.6) is 11.5 Å². The zero-order valence-electron chi connectivity index (χ0n) is 38.0. The summed E-state index contributed by atoms with van der Waals surface area (Å²) >= 11 is 0. The van der Waals surface area contributed by atoms with Crippen molar-refractivity contribution in [2.75, 3.05) is 38.3 Å². The molecule has 3 amide bonds. The number of aldehydes is 1. The number of nitrogens with one attached hydrogen (secondary N) is 2. The topological polar surface area (TPSA) is 288 Å². The van der Waals surface area contributed by atoms with E-state index >= 15 is 0 Å². The van der Waals surface area contributed by atoms with Crippen LogP contribution in [0, 0.1) is 13.8 Å². The Kier molecular flexibility index (Phi) is 15.1. The number of anilines is 1. The minimum absolute atomic E-state index is 0.0886. The number of rotatable bonds is 23. The molecule has 0 aliphatic heterocycles. The Morgan fingerprint density at radius 3 is 2.24 bits per heavy atom. The molecular weight excluding hydrogens is 881 g/mol. The number of nitrogens with two attached hydrogens (primary N) is 1. The molecule has 0 saturated carbocycles. The van der Waals surface area contributed by atoms with E-state index < -0.39 is 23.9 Å². The summed E-state index contributed by atoms with van der Waals surface area (Å²) in [6.45, 7) is 8.93. The number of carbonyl (C=O) groups excluding carboxylic acids is 4. The normalized spacial score (nSPS) is 11.5. The zero-order chi connectivity index (χ0) is 48.5. The van der Waals surface area contributed by atoms with Crippen molar-refractivity contribution < 1.29 is 48.4 Å². The van der Waals surface area contributed by atoms with Crippen molar-refractivity contribution in [3.05, 3.63) is 83.0 Å². The van der Waals surface area contributed by atoms with Gasteiger partial charge in [0.05, 0.1) is 42.1 Å². The Balaban J connectivity index is 1.28. The Morgan fingerprint density at radius 2 is 1.53 bits per heavy atom. The first-order valence-electron chi connectivity index (χ1n) is 22.0. The van der Waals surface area contributed by atoms with E-state index in [1.807, 2.05) is 48.2 Å². The molecule has 7 rings (SSSR count). The van der Waals surface area contributed by atoms with Crippen LogP contribution < -0.4 is 25.8 Å². The van der Waals surface area contributed by atoms with Gasteiger partial charge in [-0.1, -0.05) is 12.2 Å². The summed E-state index contributed by atoms with van der Waals surface area (Å²) in [5, 5.41) is 34.0. The van der Waals surface area contributed by atoms with Gasteiger partial charge in [-0.3, -0.25) is 33.9 Å². The van der Waals surface area contributed by atoms with Crippen molar-refractivity contribution in [1.29, 1.82) is 0 Å². The highest BCUT2D eigenvalue weighted by atomic mass is 16.5. The second-order valence-corrected chi connectivity index (χ2v) is 15.6. The Labute approximate surface area is 388 Å². The van der Waals surface area contributed by atoms with Gasteiger partial charge in [-0.25, -0.2) is 19.7 Å². The van der Waals surface area contributed by atoms with Crippen LogP contribution in [0.4, 0.5) is 10.7 Å². The maximum atomic E-state index is 13.8. The van der Waals surface area contributed by atoms with Crippen LogP contribution in [0.1, 0.15) is 75.7 Å². The number of aliphatic carboxylic acids is 1. The highest BCUT2D eigenvalue weighted by Gasteiger charge is 2.23. The van der Waals surface area contributed by atoms with E-state index in [0.29, 0.717) is 105 Å². The van der Waals surface area contributed by atoms with Gasteiger partial charge in [-0.2, -0.15) is 10.2 Å². The van der Waals surface area contributed by atoms with Crippen LogP contribution in [0.15, 0.2) is 54.7 Å². The number of aliphatic hydroxyl groups excluding tert-OH is 1. The molecule has 0 bridgehead atoms. The Bertz CT molecular complexity index is 3050. The number of aryl methyl sites for hydroxylation is 4. The summed E-state index contributed by atoms with van der Waals surface area (Å²) in [5.41, 5.74) is 10.8. The molecule has 22 nitrogen and oxygen atoms in total. The van der Waals surface area contributed by atoms with Crippen molar-refractivity contribution in [3.8, 4) is 23.0 Å². The van der Waals surface area contributed by atoms with Crippen LogP contribution in [0.25, 0.3) is 44.5 Å². The second kappa shape index (κ2) is 21.4. The van der Waals surface area contributed by atoms with Crippen molar-refractivity contribution in [2.45, 2.75) is 73.1 Å². The molecule has 5 heterocycles. The average Bonchev–Trinajstić information content (AvgIpc) is 4.08. The van der Waals surface area contributed by atoms with Crippen molar-refractivity contribution in [2.24, 2.45) is 5.73 Å². The number of aromatic nitrogens is 9. The highest BCUT2D eigenvalue weighted by Crippen LogP contribution is 2.37. The number of carbonyl (C=O) groups is 5. The van der Waals surface area contributed by atoms with Gasteiger partial charge < -0.3 is 44.6 Å². The van der Waals surface area contributed by atoms with Gasteiger partial charge in [0.2, 0.25) is 11.9 Å². The lowest BCUT2D eigenvalue weighted by atomic mass is 10.1. The summed E-state index contributed by atoms with van der Waals surface area (Å²) < 4.78 is 24.4. The van der Waals surface area contributed by atoms with Crippen molar-refractivity contribution in [1.82, 2.24) is 49.0 Å². The molecule has 2 aromatic carbocycles. The molecule has 0 unspecified atom stereocenters. The molecule has 0 saturated heterocycles. The Hall–Kier alpha value is -8.14. The van der Waals surface area contributed by atoms with Crippen LogP contribution in [0.3, 0.4) is 0 Å². The SMILES string of the molecule is CCn1nc(C)cc1C(=O)Nc1nc2cc(C=O)cc(OCCCO)c2n1C/C=C/Cn1c2nc(-c3cc(C)nn3CC)ncc2c2cc(C(N)=O)cc(OCCCNC(=O)OCCC(=O)O)c21. The van der Waals surface area contributed by atoms with Crippen LogP contribution in [-0.4, -0.2) is 117 Å². The van der Waals surface area contributed by atoms with E-state index in [4.69, 9.17) is 40.0 Å². The van der Waals surface area contributed by atoms with Gasteiger partial charge in [0, 0.05) is 73.8 Å². The molecule has 0 aliphatic carbocycles. The predicted octanol–water partition coefficient (Wildman–Crippen LogP) is 4.80. The Morgan fingerprint density at radius 1 is 0.824 bits per heavy atom. The molecule has 0 fully saturated rings. The number of nitrogens with zero attached hydrogens (tertiary/aromatic N) is 9. The largest absolute Gasteiger partial charge is 0.491 e. The monoisotopic (exact) mass is 932 g/mol. The number of alkyl carbamates (subject to hydrolysis) is 1. The molecule has 0 aliphatic rings. The smallest absolute Gasteiger partial charge is 0.407 e. The number of carboxylic acids is 1. The molecule has 0 atom stereocenters. The van der Waals surface area contributed by atoms with Gasteiger partial charge in [0.15, 0.2) is 5.82 Å². The summed E-state index contributed by atoms with van der Waals surface area (Å²) in [6.07, 6.45) is 5.70. The third-order valence-corrected chi connectivity index (χ3v) is 10.7. The summed E-state index contributed by atoms with van der Waals surface area (Å²) in [7, 11) is 0. The van der Waals surface area contributed by atoms with Crippen LogP contribution in [-0.2, 0) is 35.7 Å². The van der Waals surface area contributed by atoms with E-state index in [2.05, 4.69) is 20.8 Å². The van der Waals surface area contributed by atoms with E-state index in [1.54, 1.807) is 52.7 Å². The van der Waals surface area contributed by atoms with Gasteiger partial charge >= 0.3 is 12.1 Å². The molecular formula is C46H52N12O10. The third kappa shape index (κ3) is 10.6. The lowest BCUT2D eigenvalue weighted by molar-refractivity contribution is -0.137. The number of allylic oxidation sites excluding steroid dienone is 2. The van der Waals surface area contributed by atoms with E-state index in [1.165, 1.54) is 0 Å². The number of aliphatic hydroxyl groups is 1. The number of hydrogen-bond donors (Lipinski definition) is 5. The van der Waals surface area contributed by atoms with Crippen LogP contribution >= 0.6 is 0 Å². The van der Waals surface area contributed by atoms with Gasteiger partial charge in [0.25, 0.3) is 5.91 Å². The van der Waals surface area contributed by atoms with Gasteiger partial charge in [-0.05, 0) is 70.5 Å². The lowest BCUT2D eigenvalue weighted by Gasteiger charge is -2.13. The van der Waals surface area contributed by atoms with E-state index in [-0.39, 0.29) is 64.0 Å². The number of ether oxygens (including phenoxy) is 3. The molecule has 6 N–H and O–H groups in total. The average molecular weight is 933 g/mol. The third-order valence-electron chi connectivity index (χ3n) is 10.7. The number of fused-ring (bicyclic) bond motifs is 4. The number of imidazole rings is 1. The number of amides is 3. The van der Waals surface area contributed by atoms with E-state index in [9.17, 15) is 29.1 Å². The summed E-state index contributed by atoms with van der Waals surface area (Å²) in [5.74, 6) is -0.979. The fourth-order valence-corrected chi connectivity index (χ4v) is 7.66. The van der Waals surface area contributed by atoms with E-state index in [0.717, 1.165) is 5.69 Å². The first kappa shape index (κ1) is 47.8. The van der Waals surface area contributed by atoms with Gasteiger partial charge in [0.1, 0.15) is 46.9 Å². The zero-order valence-corrected chi connectivity index (χ0v) is 38.0. The van der Waals surface area contributed by atoms with Crippen LogP contribution in [0.2, 0.25) is 0 Å². The predicted molar refractivity (Wildman–Crippen MR) is 249 cm³/mol. The fraction of sp³-hybridized carbons (Fsp3) is 0.348. The summed E-state index contributed by atoms with van der Waals surface area (Å²) in [6, 6.07) is 9.98. The molecule has 5 aromatic heterocycles. The van der Waals surface area contributed by atoms with Crippen molar-refractivity contribution >= 4 is 69.1 Å². The first-order chi connectivity index (χ1) is 32.8. The summed E-state index contributed by atoms with van der Waals surface area (Å²) in [4.78, 5) is 76.0. The molecule has 68 heavy (non-hydrogen) atoms. The first-order valence-corrected chi connectivity index (χ1v) is 22.0. The highest BCUT2D eigenvalue weighted by molar-refractivity contribution is 6.12.